The standard InChI is InChI=1S/C20H31N3O3S/c1-10-17-16(11(2)24)20(26)23(17)18(12(3)25)19(10)27-15-8-22(9-15)14-5-13(6-14)7-21-4/h10-11,13-17,21,24H,5-9H2,1-4H3/t10-,11-,13?,14?,16-,17-/m1/s1. The Labute approximate surface area is 165 Å². The second kappa shape index (κ2) is 7.17. The van der Waals surface area contributed by atoms with Crippen LogP contribution in [0.4, 0.5) is 0 Å². The molecule has 4 atom stereocenters. The maximum absolute atomic E-state index is 12.5. The van der Waals surface area contributed by atoms with Gasteiger partial charge in [-0.2, -0.15) is 0 Å². The first-order valence-electron chi connectivity index (χ1n) is 10.1. The van der Waals surface area contributed by atoms with E-state index in [9.17, 15) is 14.7 Å². The number of carbonyl (C=O) groups excluding carboxylic acids is 2. The second-order valence-electron chi connectivity index (χ2n) is 8.77. The number of fused-ring (bicyclic) bond motifs is 1. The average Bonchev–Trinajstić information content (AvgIpc) is 2.76. The second-order valence-corrected chi connectivity index (χ2v) is 10.1. The summed E-state index contributed by atoms with van der Waals surface area (Å²) in [7, 11) is 2.02. The van der Waals surface area contributed by atoms with Gasteiger partial charge in [0, 0.05) is 42.1 Å². The molecule has 0 aromatic carbocycles. The molecule has 4 aliphatic rings. The van der Waals surface area contributed by atoms with Gasteiger partial charge in [-0.1, -0.05) is 6.92 Å². The molecule has 3 heterocycles. The number of likely N-dealkylation sites (tertiary alicyclic amines) is 1. The number of hydrogen-bond donors (Lipinski definition) is 2. The molecule has 2 saturated heterocycles. The summed E-state index contributed by atoms with van der Waals surface area (Å²) in [4.78, 5) is 30.1. The molecule has 0 bridgehead atoms. The van der Waals surface area contributed by atoms with E-state index in [1.165, 1.54) is 12.8 Å². The van der Waals surface area contributed by atoms with Crippen molar-refractivity contribution in [2.24, 2.45) is 17.8 Å². The molecule has 3 aliphatic heterocycles. The Morgan fingerprint density at radius 3 is 2.59 bits per heavy atom. The van der Waals surface area contributed by atoms with Crippen LogP contribution in [0, 0.1) is 17.8 Å². The number of allylic oxidation sites excluding steroid dienone is 1. The number of ketones is 1. The molecule has 1 saturated carbocycles. The third-order valence-electron chi connectivity index (χ3n) is 6.83. The smallest absolute Gasteiger partial charge is 0.235 e. The van der Waals surface area contributed by atoms with Crippen LogP contribution in [0.25, 0.3) is 0 Å². The summed E-state index contributed by atoms with van der Waals surface area (Å²) >= 11 is 1.80. The number of nitrogens with zero attached hydrogens (tertiary/aromatic N) is 2. The molecule has 27 heavy (non-hydrogen) atoms. The van der Waals surface area contributed by atoms with Crippen LogP contribution in [0.1, 0.15) is 33.6 Å². The van der Waals surface area contributed by atoms with E-state index in [0.29, 0.717) is 10.9 Å². The van der Waals surface area contributed by atoms with E-state index in [4.69, 9.17) is 0 Å². The van der Waals surface area contributed by atoms with Crippen molar-refractivity contribution in [3.8, 4) is 0 Å². The molecular weight excluding hydrogens is 362 g/mol. The molecule has 1 amide bonds. The molecule has 6 nitrogen and oxygen atoms in total. The van der Waals surface area contributed by atoms with Gasteiger partial charge >= 0.3 is 0 Å². The highest BCUT2D eigenvalue weighted by Gasteiger charge is 2.59. The number of carbonyl (C=O) groups is 2. The van der Waals surface area contributed by atoms with Gasteiger partial charge < -0.3 is 15.3 Å². The lowest BCUT2D eigenvalue weighted by Gasteiger charge is -2.50. The molecule has 150 valence electrons. The van der Waals surface area contributed by atoms with E-state index >= 15 is 0 Å². The van der Waals surface area contributed by atoms with Gasteiger partial charge in [-0.25, -0.2) is 0 Å². The molecule has 0 aromatic rings. The Morgan fingerprint density at radius 1 is 1.37 bits per heavy atom. The lowest BCUT2D eigenvalue weighted by atomic mass is 9.78. The monoisotopic (exact) mass is 393 g/mol. The van der Waals surface area contributed by atoms with Crippen LogP contribution in [0.2, 0.25) is 0 Å². The Kier molecular flexibility index (Phi) is 5.16. The van der Waals surface area contributed by atoms with Crippen molar-refractivity contribution in [2.45, 2.75) is 57.1 Å². The van der Waals surface area contributed by atoms with Crippen molar-refractivity contribution in [2.75, 3.05) is 26.7 Å². The van der Waals surface area contributed by atoms with Crippen LogP contribution in [-0.4, -0.2) is 76.7 Å². The summed E-state index contributed by atoms with van der Waals surface area (Å²) in [5.74, 6) is 0.450. The highest BCUT2D eigenvalue weighted by atomic mass is 32.2. The summed E-state index contributed by atoms with van der Waals surface area (Å²) in [5, 5.41) is 13.7. The zero-order valence-electron chi connectivity index (χ0n) is 16.6. The number of rotatable bonds is 7. The third-order valence-corrected chi connectivity index (χ3v) is 8.28. The van der Waals surface area contributed by atoms with Crippen LogP contribution >= 0.6 is 11.8 Å². The molecule has 3 fully saturated rings. The molecule has 7 heteroatoms. The van der Waals surface area contributed by atoms with Gasteiger partial charge in [-0.15, -0.1) is 11.8 Å². The molecule has 2 N–H and O–H groups in total. The quantitative estimate of drug-likeness (QED) is 0.630. The maximum Gasteiger partial charge on any atom is 0.235 e. The molecule has 0 radical (unpaired) electrons. The van der Waals surface area contributed by atoms with Gasteiger partial charge in [0.15, 0.2) is 5.78 Å². The largest absolute Gasteiger partial charge is 0.393 e. The van der Waals surface area contributed by atoms with Crippen molar-refractivity contribution in [1.29, 1.82) is 0 Å². The first kappa shape index (κ1) is 19.4. The van der Waals surface area contributed by atoms with Crippen molar-refractivity contribution in [3.05, 3.63) is 10.6 Å². The molecule has 1 aliphatic carbocycles. The zero-order chi connectivity index (χ0) is 19.5. The van der Waals surface area contributed by atoms with E-state index in [0.717, 1.165) is 36.5 Å². The lowest BCUT2D eigenvalue weighted by molar-refractivity contribution is -0.160. The number of aliphatic hydroxyl groups excluding tert-OH is 1. The van der Waals surface area contributed by atoms with Crippen LogP contribution in [0.15, 0.2) is 10.6 Å². The Morgan fingerprint density at radius 2 is 2.04 bits per heavy atom. The SMILES string of the molecule is CNCC1CC(N2CC(SC3=C(C(C)=O)N4C(=O)[C@H]([C@@H](C)O)[C@H]4[C@H]3C)C2)C1. The molecular formula is C20H31N3O3S. The van der Waals surface area contributed by atoms with Crippen LogP contribution < -0.4 is 5.32 Å². The fourth-order valence-electron chi connectivity index (χ4n) is 5.29. The number of hydrogen-bond acceptors (Lipinski definition) is 6. The first-order valence-corrected chi connectivity index (χ1v) is 11.0. The summed E-state index contributed by atoms with van der Waals surface area (Å²) in [5.41, 5.74) is 0.593. The normalized spacial score (nSPS) is 37.6. The number of nitrogens with one attached hydrogen (secondary N) is 1. The summed E-state index contributed by atoms with van der Waals surface area (Å²) in [6.07, 6.45) is 1.91. The molecule has 4 rings (SSSR count). The Bertz CT molecular complexity index is 667. The summed E-state index contributed by atoms with van der Waals surface area (Å²) in [6, 6.07) is 0.674. The van der Waals surface area contributed by atoms with E-state index < -0.39 is 6.10 Å². The number of thioether (sulfide) groups is 1. The summed E-state index contributed by atoms with van der Waals surface area (Å²) < 4.78 is 0. The van der Waals surface area contributed by atoms with Gasteiger partial charge in [-0.3, -0.25) is 14.5 Å². The lowest BCUT2D eigenvalue weighted by Crippen LogP contribution is -2.63. The molecule has 0 spiro atoms. The van der Waals surface area contributed by atoms with Crippen molar-refractivity contribution < 1.29 is 14.7 Å². The van der Waals surface area contributed by atoms with Crippen molar-refractivity contribution in [1.82, 2.24) is 15.1 Å². The third kappa shape index (κ3) is 3.07. The predicted octanol–water partition coefficient (Wildman–Crippen LogP) is 1.06. The van der Waals surface area contributed by atoms with Crippen LogP contribution in [0.5, 0.6) is 0 Å². The minimum Gasteiger partial charge on any atom is -0.393 e. The fraction of sp³-hybridized carbons (Fsp3) is 0.800. The highest BCUT2D eigenvalue weighted by Crippen LogP contribution is 2.52. The Hall–Kier alpha value is -0.890. The van der Waals surface area contributed by atoms with Gasteiger partial charge in [0.1, 0.15) is 0 Å². The van der Waals surface area contributed by atoms with E-state index in [1.54, 1.807) is 30.5 Å². The number of aliphatic hydroxyl groups is 1. The van der Waals surface area contributed by atoms with Crippen LogP contribution in [-0.2, 0) is 9.59 Å². The predicted molar refractivity (Wildman–Crippen MR) is 106 cm³/mol. The topological polar surface area (TPSA) is 72.9 Å². The van der Waals surface area contributed by atoms with Crippen molar-refractivity contribution >= 4 is 23.5 Å². The van der Waals surface area contributed by atoms with E-state index in [2.05, 4.69) is 17.1 Å². The minimum atomic E-state index is -0.665. The van der Waals surface area contributed by atoms with Gasteiger partial charge in [0.25, 0.3) is 0 Å². The number of β-lactam (4-membered cyclic amide) rings is 1. The van der Waals surface area contributed by atoms with Gasteiger partial charge in [0.05, 0.1) is 23.8 Å². The highest BCUT2D eigenvalue weighted by molar-refractivity contribution is 8.03. The minimum absolute atomic E-state index is 0.0330. The van der Waals surface area contributed by atoms with E-state index in [1.807, 2.05) is 7.05 Å². The zero-order valence-corrected chi connectivity index (χ0v) is 17.5. The number of amides is 1. The van der Waals surface area contributed by atoms with E-state index in [-0.39, 0.29) is 29.6 Å². The Balaban J connectivity index is 1.38. The van der Waals surface area contributed by atoms with Crippen molar-refractivity contribution in [3.63, 3.8) is 0 Å². The molecule has 0 aromatic heterocycles. The summed E-state index contributed by atoms with van der Waals surface area (Å²) in [6.45, 7) is 8.59. The maximum atomic E-state index is 12.5. The van der Waals surface area contributed by atoms with Gasteiger partial charge in [0.2, 0.25) is 5.91 Å². The van der Waals surface area contributed by atoms with Crippen LogP contribution in [0.3, 0.4) is 0 Å². The van der Waals surface area contributed by atoms with Gasteiger partial charge in [-0.05, 0) is 39.3 Å². The fourth-order valence-corrected chi connectivity index (χ4v) is 6.89. The molecule has 0 unspecified atom stereocenters. The average molecular weight is 394 g/mol. The number of Topliss-reactive ketones (excluding diaryl/α,β-unsaturated/α-hetero) is 1. The first-order chi connectivity index (χ1) is 12.8.